The number of benzene rings is 1. The maximum absolute atomic E-state index is 13.3. The van der Waals surface area contributed by atoms with Crippen LogP contribution in [0.4, 0.5) is 0 Å². The van der Waals surface area contributed by atoms with Gasteiger partial charge < -0.3 is 4.90 Å². The lowest BCUT2D eigenvalue weighted by atomic mass is 9.99. The average molecular weight is 393 g/mol. The Morgan fingerprint density at radius 2 is 1.67 bits per heavy atom. The maximum atomic E-state index is 13.3. The summed E-state index contributed by atoms with van der Waals surface area (Å²) in [5.74, 6) is 1.01. The molecule has 150 valence electrons. The fourth-order valence-electron chi connectivity index (χ4n) is 4.14. The zero-order valence-electron chi connectivity index (χ0n) is 17.0. The quantitative estimate of drug-likeness (QED) is 0.790. The molecule has 3 rings (SSSR count). The first-order chi connectivity index (χ1) is 12.7. The topological polar surface area (TPSA) is 57.7 Å². The first-order valence-corrected chi connectivity index (χ1v) is 11.5. The molecule has 1 amide bonds. The van der Waals surface area contributed by atoms with E-state index in [0.717, 1.165) is 49.9 Å². The number of sulfonamides is 1. The van der Waals surface area contributed by atoms with Crippen molar-refractivity contribution in [3.05, 3.63) is 28.8 Å². The third-order valence-corrected chi connectivity index (χ3v) is 8.20. The Morgan fingerprint density at radius 1 is 1.00 bits per heavy atom. The van der Waals surface area contributed by atoms with Gasteiger partial charge in [0.25, 0.3) is 5.91 Å². The van der Waals surface area contributed by atoms with Crippen LogP contribution in [0.25, 0.3) is 0 Å². The lowest BCUT2D eigenvalue weighted by molar-refractivity contribution is 0.0682. The number of hydrogen-bond acceptors (Lipinski definition) is 3. The van der Waals surface area contributed by atoms with Gasteiger partial charge in [-0.15, -0.1) is 0 Å². The number of piperidine rings is 2. The van der Waals surface area contributed by atoms with Crippen molar-refractivity contribution < 1.29 is 13.2 Å². The van der Waals surface area contributed by atoms with Crippen LogP contribution in [-0.2, 0) is 10.0 Å². The van der Waals surface area contributed by atoms with E-state index < -0.39 is 10.0 Å². The van der Waals surface area contributed by atoms with E-state index in [1.165, 1.54) is 0 Å². The van der Waals surface area contributed by atoms with Gasteiger partial charge in [0, 0.05) is 31.7 Å². The minimum Gasteiger partial charge on any atom is -0.338 e. The standard InChI is InChI=1S/C21H32N2O3S/c1-15-7-10-23(11-8-15)27(25,26)20-13-19(12-17(3)18(20)4)21(24)22-9-5-6-16(2)14-22/h12-13,15-16H,5-11,14H2,1-4H3. The number of likely N-dealkylation sites (tertiary alicyclic amines) is 1. The molecule has 0 aromatic heterocycles. The molecule has 1 aromatic rings. The van der Waals surface area contributed by atoms with Gasteiger partial charge in [-0.1, -0.05) is 13.8 Å². The van der Waals surface area contributed by atoms with Gasteiger partial charge in [-0.2, -0.15) is 4.31 Å². The van der Waals surface area contributed by atoms with Crippen LogP contribution in [0.2, 0.25) is 0 Å². The van der Waals surface area contributed by atoms with Crippen LogP contribution >= 0.6 is 0 Å². The van der Waals surface area contributed by atoms with Crippen molar-refractivity contribution in [2.24, 2.45) is 11.8 Å². The van der Waals surface area contributed by atoms with E-state index in [9.17, 15) is 13.2 Å². The molecule has 0 saturated carbocycles. The summed E-state index contributed by atoms with van der Waals surface area (Å²) in [6, 6.07) is 3.45. The van der Waals surface area contributed by atoms with Gasteiger partial charge in [0.2, 0.25) is 10.0 Å². The van der Waals surface area contributed by atoms with Gasteiger partial charge >= 0.3 is 0 Å². The van der Waals surface area contributed by atoms with E-state index >= 15 is 0 Å². The Hall–Kier alpha value is -1.40. The monoisotopic (exact) mass is 392 g/mol. The molecule has 0 bridgehead atoms. The largest absolute Gasteiger partial charge is 0.338 e. The summed E-state index contributed by atoms with van der Waals surface area (Å²) in [6.07, 6.45) is 3.93. The van der Waals surface area contributed by atoms with Crippen LogP contribution < -0.4 is 0 Å². The second-order valence-electron chi connectivity index (χ2n) is 8.50. The lowest BCUT2D eigenvalue weighted by Crippen LogP contribution is -2.40. The highest BCUT2D eigenvalue weighted by molar-refractivity contribution is 7.89. The van der Waals surface area contributed by atoms with E-state index in [1.54, 1.807) is 10.4 Å². The number of carbonyl (C=O) groups excluding carboxylic acids is 1. The molecule has 1 atom stereocenters. The Morgan fingerprint density at radius 3 is 2.30 bits per heavy atom. The molecule has 6 heteroatoms. The van der Waals surface area contributed by atoms with Crippen molar-refractivity contribution in [2.75, 3.05) is 26.2 Å². The fourth-order valence-corrected chi connectivity index (χ4v) is 5.93. The minimum atomic E-state index is -3.57. The second kappa shape index (κ2) is 7.92. The minimum absolute atomic E-state index is 0.0478. The summed E-state index contributed by atoms with van der Waals surface area (Å²) in [5, 5.41) is 0. The highest BCUT2D eigenvalue weighted by Gasteiger charge is 2.31. The van der Waals surface area contributed by atoms with Gasteiger partial charge in [0.1, 0.15) is 0 Å². The molecule has 0 radical (unpaired) electrons. The highest BCUT2D eigenvalue weighted by Crippen LogP contribution is 2.29. The molecule has 2 aliphatic rings. The summed E-state index contributed by atoms with van der Waals surface area (Å²) in [4.78, 5) is 15.2. The van der Waals surface area contributed by atoms with Crippen LogP contribution in [0.1, 0.15) is 61.0 Å². The van der Waals surface area contributed by atoms with Crippen LogP contribution in [-0.4, -0.2) is 49.7 Å². The zero-order chi connectivity index (χ0) is 19.8. The van der Waals surface area contributed by atoms with E-state index in [0.29, 0.717) is 35.4 Å². The molecular formula is C21H32N2O3S. The van der Waals surface area contributed by atoms with Gasteiger partial charge in [-0.3, -0.25) is 4.79 Å². The van der Waals surface area contributed by atoms with E-state index in [1.807, 2.05) is 24.8 Å². The molecule has 2 fully saturated rings. The normalized spacial score (nSPS) is 22.8. The van der Waals surface area contributed by atoms with Crippen molar-refractivity contribution >= 4 is 15.9 Å². The van der Waals surface area contributed by atoms with Crippen molar-refractivity contribution in [3.63, 3.8) is 0 Å². The predicted molar refractivity (Wildman–Crippen MR) is 107 cm³/mol. The predicted octanol–water partition coefficient (Wildman–Crippen LogP) is 3.60. The number of aryl methyl sites for hydroxylation is 1. The maximum Gasteiger partial charge on any atom is 0.253 e. The first kappa shape index (κ1) is 20.3. The number of carbonyl (C=O) groups is 1. The van der Waals surface area contributed by atoms with Crippen molar-refractivity contribution in [1.82, 2.24) is 9.21 Å². The van der Waals surface area contributed by atoms with E-state index in [4.69, 9.17) is 0 Å². The first-order valence-electron chi connectivity index (χ1n) is 10.1. The fraction of sp³-hybridized carbons (Fsp3) is 0.667. The third kappa shape index (κ3) is 4.21. The molecule has 0 aliphatic carbocycles. The number of nitrogens with zero attached hydrogens (tertiary/aromatic N) is 2. The van der Waals surface area contributed by atoms with Gasteiger partial charge in [-0.05, 0) is 74.6 Å². The van der Waals surface area contributed by atoms with E-state index in [2.05, 4.69) is 13.8 Å². The molecule has 27 heavy (non-hydrogen) atoms. The zero-order valence-corrected chi connectivity index (χ0v) is 17.8. The highest BCUT2D eigenvalue weighted by atomic mass is 32.2. The third-order valence-electron chi connectivity index (χ3n) is 6.17. The van der Waals surface area contributed by atoms with E-state index in [-0.39, 0.29) is 5.91 Å². The molecular weight excluding hydrogens is 360 g/mol. The SMILES string of the molecule is Cc1cc(C(=O)N2CCCC(C)C2)cc(S(=O)(=O)N2CCC(C)CC2)c1C. The van der Waals surface area contributed by atoms with Crippen LogP contribution in [0, 0.1) is 25.7 Å². The summed E-state index contributed by atoms with van der Waals surface area (Å²) >= 11 is 0. The van der Waals surface area contributed by atoms with Crippen molar-refractivity contribution in [3.8, 4) is 0 Å². The lowest BCUT2D eigenvalue weighted by Gasteiger charge is -2.32. The summed E-state index contributed by atoms with van der Waals surface area (Å²) in [6.45, 7) is 10.7. The Kier molecular flexibility index (Phi) is 5.96. The molecule has 2 aliphatic heterocycles. The van der Waals surface area contributed by atoms with Crippen LogP contribution in [0.5, 0.6) is 0 Å². The summed E-state index contributed by atoms with van der Waals surface area (Å²) in [5.41, 5.74) is 2.10. The smallest absolute Gasteiger partial charge is 0.253 e. The summed E-state index contributed by atoms with van der Waals surface area (Å²) in [7, 11) is -3.57. The summed E-state index contributed by atoms with van der Waals surface area (Å²) < 4.78 is 28.1. The number of amides is 1. The molecule has 2 heterocycles. The Balaban J connectivity index is 1.93. The Bertz CT molecular complexity index is 811. The van der Waals surface area contributed by atoms with Crippen molar-refractivity contribution in [2.45, 2.75) is 58.3 Å². The van der Waals surface area contributed by atoms with Crippen LogP contribution in [0.3, 0.4) is 0 Å². The van der Waals surface area contributed by atoms with Gasteiger partial charge in [-0.25, -0.2) is 8.42 Å². The molecule has 1 aromatic carbocycles. The number of hydrogen-bond donors (Lipinski definition) is 0. The van der Waals surface area contributed by atoms with Gasteiger partial charge in [0.05, 0.1) is 4.90 Å². The van der Waals surface area contributed by atoms with Crippen LogP contribution in [0.15, 0.2) is 17.0 Å². The molecule has 1 unspecified atom stereocenters. The molecule has 2 saturated heterocycles. The van der Waals surface area contributed by atoms with Gasteiger partial charge in [0.15, 0.2) is 0 Å². The molecule has 5 nitrogen and oxygen atoms in total. The molecule has 0 spiro atoms. The molecule has 0 N–H and O–H groups in total. The number of rotatable bonds is 3. The average Bonchev–Trinajstić information content (AvgIpc) is 2.63. The van der Waals surface area contributed by atoms with Crippen molar-refractivity contribution in [1.29, 1.82) is 0 Å². The Labute approximate surface area is 163 Å². The second-order valence-corrected chi connectivity index (χ2v) is 10.4.